The van der Waals surface area contributed by atoms with Crippen LogP contribution in [0.25, 0.3) is 0 Å². The van der Waals surface area contributed by atoms with Crippen molar-refractivity contribution in [2.45, 2.75) is 44.1 Å². The van der Waals surface area contributed by atoms with E-state index in [0.29, 0.717) is 12.2 Å². The average molecular weight is 154 g/mol. The molecule has 0 aromatic rings. The molecule has 0 spiro atoms. The molecule has 62 valence electrons. The molecule has 2 aliphatic carbocycles. The molecule has 2 nitrogen and oxygen atoms in total. The third-order valence-corrected chi connectivity index (χ3v) is 3.17. The van der Waals surface area contributed by atoms with Crippen LogP contribution in [0.1, 0.15) is 38.5 Å². The Morgan fingerprint density at radius 3 is 2.82 bits per heavy atom. The van der Waals surface area contributed by atoms with Crippen LogP contribution in [0, 0.1) is 5.92 Å². The fourth-order valence-electron chi connectivity index (χ4n) is 2.56. The predicted octanol–water partition coefficient (Wildman–Crippen LogP) is 1.27. The minimum atomic E-state index is -0.588. The van der Waals surface area contributed by atoms with Gasteiger partial charge in [0, 0.05) is 12.3 Å². The molecule has 0 aromatic heterocycles. The second kappa shape index (κ2) is 2.31. The van der Waals surface area contributed by atoms with Crippen LogP contribution in [0.15, 0.2) is 0 Å². The van der Waals surface area contributed by atoms with Crippen molar-refractivity contribution >= 4 is 5.78 Å². The molecular formula is C9H14O2. The van der Waals surface area contributed by atoms with Gasteiger partial charge in [0.25, 0.3) is 0 Å². The summed E-state index contributed by atoms with van der Waals surface area (Å²) >= 11 is 0. The summed E-state index contributed by atoms with van der Waals surface area (Å²) in [6, 6.07) is 0. The lowest BCUT2D eigenvalue weighted by molar-refractivity contribution is -0.135. The highest BCUT2D eigenvalue weighted by atomic mass is 16.3. The minimum absolute atomic E-state index is 0.00347. The predicted molar refractivity (Wildman–Crippen MR) is 41.1 cm³/mol. The summed E-state index contributed by atoms with van der Waals surface area (Å²) in [5, 5.41) is 9.96. The first-order valence-corrected chi connectivity index (χ1v) is 4.47. The van der Waals surface area contributed by atoms with E-state index in [1.54, 1.807) is 0 Å². The van der Waals surface area contributed by atoms with Gasteiger partial charge in [-0.05, 0) is 32.1 Å². The summed E-state index contributed by atoms with van der Waals surface area (Å²) in [7, 11) is 0. The number of hydrogen-bond acceptors (Lipinski definition) is 2. The number of carbonyl (C=O) groups excluding carboxylic acids is 1. The van der Waals surface area contributed by atoms with Gasteiger partial charge in [-0.3, -0.25) is 4.79 Å². The Labute approximate surface area is 66.6 Å². The van der Waals surface area contributed by atoms with Crippen LogP contribution in [0.3, 0.4) is 0 Å². The Morgan fingerprint density at radius 2 is 2.09 bits per heavy atom. The standard InChI is InChI=1S/C9H14O2/c10-8-4-2-6-9(11)5-1-3-7(8)9/h7,11H,1-6H2/t7-,9-/m1/s1. The van der Waals surface area contributed by atoms with Gasteiger partial charge < -0.3 is 5.11 Å². The normalized spacial score (nSPS) is 44.1. The zero-order valence-corrected chi connectivity index (χ0v) is 6.68. The van der Waals surface area contributed by atoms with Crippen molar-refractivity contribution in [1.82, 2.24) is 0 Å². The van der Waals surface area contributed by atoms with E-state index >= 15 is 0 Å². The van der Waals surface area contributed by atoms with Crippen LogP contribution in [0.2, 0.25) is 0 Å². The van der Waals surface area contributed by atoms with Gasteiger partial charge in [0.15, 0.2) is 0 Å². The van der Waals surface area contributed by atoms with Gasteiger partial charge in [-0.1, -0.05) is 0 Å². The zero-order chi connectivity index (χ0) is 7.90. The molecule has 2 atom stereocenters. The monoisotopic (exact) mass is 154 g/mol. The Kier molecular flexibility index (Phi) is 1.53. The number of aliphatic hydroxyl groups is 1. The molecule has 0 radical (unpaired) electrons. The molecule has 0 bridgehead atoms. The van der Waals surface area contributed by atoms with Crippen molar-refractivity contribution in [3.8, 4) is 0 Å². The summed E-state index contributed by atoms with van der Waals surface area (Å²) in [4.78, 5) is 11.3. The molecule has 0 saturated heterocycles. The van der Waals surface area contributed by atoms with Crippen molar-refractivity contribution in [3.05, 3.63) is 0 Å². The SMILES string of the molecule is O=C1CCC[C@]2(O)CCC[C@H]12. The zero-order valence-electron chi connectivity index (χ0n) is 6.68. The molecular weight excluding hydrogens is 140 g/mol. The van der Waals surface area contributed by atoms with Gasteiger partial charge in [0.1, 0.15) is 5.78 Å². The molecule has 2 heteroatoms. The lowest BCUT2D eigenvalue weighted by atomic mass is 9.77. The topological polar surface area (TPSA) is 37.3 Å². The Bertz CT molecular complexity index is 188. The Morgan fingerprint density at radius 1 is 1.36 bits per heavy atom. The number of rotatable bonds is 0. The number of fused-ring (bicyclic) bond motifs is 1. The second-order valence-electron chi connectivity index (χ2n) is 3.87. The molecule has 0 heterocycles. The lowest BCUT2D eigenvalue weighted by Gasteiger charge is -2.33. The fraction of sp³-hybridized carbons (Fsp3) is 0.889. The van der Waals surface area contributed by atoms with E-state index < -0.39 is 5.60 Å². The summed E-state index contributed by atoms with van der Waals surface area (Å²) in [5.41, 5.74) is -0.588. The van der Waals surface area contributed by atoms with E-state index in [4.69, 9.17) is 0 Å². The maximum absolute atomic E-state index is 11.3. The van der Waals surface area contributed by atoms with Crippen LogP contribution in [0.5, 0.6) is 0 Å². The Hall–Kier alpha value is -0.370. The van der Waals surface area contributed by atoms with Gasteiger partial charge in [-0.25, -0.2) is 0 Å². The maximum atomic E-state index is 11.3. The Balaban J connectivity index is 2.22. The van der Waals surface area contributed by atoms with Gasteiger partial charge in [-0.15, -0.1) is 0 Å². The number of carbonyl (C=O) groups is 1. The van der Waals surface area contributed by atoms with E-state index in [0.717, 1.165) is 32.1 Å². The van der Waals surface area contributed by atoms with E-state index in [9.17, 15) is 9.90 Å². The summed E-state index contributed by atoms with van der Waals surface area (Å²) < 4.78 is 0. The fourth-order valence-corrected chi connectivity index (χ4v) is 2.56. The molecule has 2 rings (SSSR count). The minimum Gasteiger partial charge on any atom is -0.389 e. The third-order valence-electron chi connectivity index (χ3n) is 3.17. The molecule has 11 heavy (non-hydrogen) atoms. The third kappa shape index (κ3) is 1.00. The maximum Gasteiger partial charge on any atom is 0.138 e. The van der Waals surface area contributed by atoms with E-state index in [-0.39, 0.29) is 5.92 Å². The smallest absolute Gasteiger partial charge is 0.138 e. The molecule has 0 aliphatic heterocycles. The van der Waals surface area contributed by atoms with E-state index in [1.807, 2.05) is 0 Å². The average Bonchev–Trinajstić information content (AvgIpc) is 2.31. The molecule has 0 unspecified atom stereocenters. The van der Waals surface area contributed by atoms with Crippen LogP contribution in [0.4, 0.5) is 0 Å². The highest BCUT2D eigenvalue weighted by Gasteiger charge is 2.46. The number of hydrogen-bond donors (Lipinski definition) is 1. The van der Waals surface area contributed by atoms with Gasteiger partial charge in [-0.2, -0.15) is 0 Å². The second-order valence-corrected chi connectivity index (χ2v) is 3.87. The molecule has 0 aromatic carbocycles. The van der Waals surface area contributed by atoms with Crippen molar-refractivity contribution in [3.63, 3.8) is 0 Å². The van der Waals surface area contributed by atoms with Gasteiger partial charge in [0.2, 0.25) is 0 Å². The summed E-state index contributed by atoms with van der Waals surface area (Å²) in [5.74, 6) is 0.299. The molecule has 0 amide bonds. The lowest BCUT2D eigenvalue weighted by Crippen LogP contribution is -2.41. The van der Waals surface area contributed by atoms with Crippen molar-refractivity contribution < 1.29 is 9.90 Å². The quantitative estimate of drug-likeness (QED) is 0.570. The van der Waals surface area contributed by atoms with Crippen molar-refractivity contribution in [1.29, 1.82) is 0 Å². The highest BCUT2D eigenvalue weighted by Crippen LogP contribution is 2.43. The van der Waals surface area contributed by atoms with Crippen LogP contribution >= 0.6 is 0 Å². The van der Waals surface area contributed by atoms with E-state index in [1.165, 1.54) is 0 Å². The number of Topliss-reactive ketones (excluding diaryl/α,β-unsaturated/α-hetero) is 1. The van der Waals surface area contributed by atoms with Crippen LogP contribution in [-0.4, -0.2) is 16.5 Å². The molecule has 2 saturated carbocycles. The summed E-state index contributed by atoms with van der Waals surface area (Å²) in [6.07, 6.45) is 5.26. The summed E-state index contributed by atoms with van der Waals surface area (Å²) in [6.45, 7) is 0. The first kappa shape index (κ1) is 7.29. The number of ketones is 1. The van der Waals surface area contributed by atoms with Gasteiger partial charge in [0.05, 0.1) is 5.60 Å². The first-order chi connectivity index (χ1) is 5.22. The van der Waals surface area contributed by atoms with E-state index in [2.05, 4.69) is 0 Å². The largest absolute Gasteiger partial charge is 0.389 e. The van der Waals surface area contributed by atoms with Crippen LogP contribution in [-0.2, 0) is 4.79 Å². The van der Waals surface area contributed by atoms with Crippen molar-refractivity contribution in [2.75, 3.05) is 0 Å². The molecule has 2 aliphatic rings. The van der Waals surface area contributed by atoms with Crippen molar-refractivity contribution in [2.24, 2.45) is 5.92 Å². The van der Waals surface area contributed by atoms with Gasteiger partial charge >= 0.3 is 0 Å². The first-order valence-electron chi connectivity index (χ1n) is 4.47. The molecule has 1 N–H and O–H groups in total. The van der Waals surface area contributed by atoms with Crippen LogP contribution < -0.4 is 0 Å². The highest BCUT2D eigenvalue weighted by molar-refractivity contribution is 5.83. The molecule has 2 fully saturated rings.